The number of aliphatic hydroxyl groups excluding tert-OH is 1. The fourth-order valence-electron chi connectivity index (χ4n) is 4.74. The molecule has 0 unspecified atom stereocenters. The Labute approximate surface area is 184 Å². The minimum absolute atomic E-state index is 0.145. The molecule has 2 fully saturated rings. The van der Waals surface area contributed by atoms with Crippen molar-refractivity contribution in [2.75, 3.05) is 0 Å². The zero-order valence-corrected chi connectivity index (χ0v) is 18.4. The van der Waals surface area contributed by atoms with Gasteiger partial charge in [-0.15, -0.1) is 11.6 Å². The second-order valence-electron chi connectivity index (χ2n) is 8.66. The predicted molar refractivity (Wildman–Crippen MR) is 120 cm³/mol. The minimum atomic E-state index is -0.263. The fraction of sp³-hybridized carbons (Fsp3) is 0.538. The van der Waals surface area contributed by atoms with Gasteiger partial charge in [0.15, 0.2) is 0 Å². The normalized spacial score (nSPS) is 18.0. The lowest BCUT2D eigenvalue weighted by Crippen LogP contribution is -2.05. The van der Waals surface area contributed by atoms with Crippen LogP contribution in [0.5, 0.6) is 0 Å². The Morgan fingerprint density at radius 1 is 0.700 bits per heavy atom. The van der Waals surface area contributed by atoms with Crippen molar-refractivity contribution < 1.29 is 13.9 Å². The summed E-state index contributed by atoms with van der Waals surface area (Å²) in [7, 11) is 0. The molecule has 30 heavy (non-hydrogen) atoms. The average Bonchev–Trinajstić information content (AvgIpc) is 2.80. The lowest BCUT2D eigenvalue weighted by Gasteiger charge is -2.22. The van der Waals surface area contributed by atoms with Crippen LogP contribution in [0.3, 0.4) is 0 Å². The molecule has 4 rings (SSSR count). The summed E-state index contributed by atoms with van der Waals surface area (Å²) in [6, 6.07) is 10.8. The third-order valence-corrected chi connectivity index (χ3v) is 6.91. The van der Waals surface area contributed by atoms with Gasteiger partial charge in [-0.2, -0.15) is 0 Å². The standard InChI is InChI=1S/C13H16ClF.C13H17FO/c14-9-12-7-6-11(8-13(12)15)10-4-2-1-3-5-10;14-13-8-11(6-7-12(13)9-15)10-4-2-1-3-5-10/h6-8,10H,1-5,9H2;6-8,10,15H,1-5,9H2. The third-order valence-electron chi connectivity index (χ3n) is 6.62. The highest BCUT2D eigenvalue weighted by molar-refractivity contribution is 6.17. The van der Waals surface area contributed by atoms with Crippen LogP contribution in [-0.2, 0) is 12.5 Å². The monoisotopic (exact) mass is 434 g/mol. The second-order valence-corrected chi connectivity index (χ2v) is 8.93. The number of aliphatic hydroxyl groups is 1. The highest BCUT2D eigenvalue weighted by Crippen LogP contribution is 2.34. The molecule has 2 aromatic rings. The van der Waals surface area contributed by atoms with Crippen LogP contribution >= 0.6 is 11.6 Å². The van der Waals surface area contributed by atoms with Gasteiger partial charge in [0.1, 0.15) is 11.6 Å². The van der Waals surface area contributed by atoms with Gasteiger partial charge in [-0.25, -0.2) is 8.78 Å². The van der Waals surface area contributed by atoms with Crippen molar-refractivity contribution >= 4 is 11.6 Å². The number of hydrogen-bond donors (Lipinski definition) is 1. The molecule has 0 bridgehead atoms. The molecule has 0 saturated heterocycles. The summed E-state index contributed by atoms with van der Waals surface area (Å²) >= 11 is 5.63. The maximum Gasteiger partial charge on any atom is 0.128 e. The van der Waals surface area contributed by atoms with E-state index in [0.29, 0.717) is 23.0 Å². The molecule has 0 aromatic heterocycles. The average molecular weight is 435 g/mol. The fourth-order valence-corrected chi connectivity index (χ4v) is 4.96. The number of halogens is 3. The Balaban J connectivity index is 0.000000171. The third kappa shape index (κ3) is 6.28. The van der Waals surface area contributed by atoms with Crippen molar-refractivity contribution in [3.8, 4) is 0 Å². The van der Waals surface area contributed by atoms with E-state index >= 15 is 0 Å². The van der Waals surface area contributed by atoms with E-state index in [1.165, 1.54) is 64.2 Å². The molecule has 4 heteroatoms. The Morgan fingerprint density at radius 2 is 1.13 bits per heavy atom. The molecule has 1 N–H and O–H groups in total. The first-order chi connectivity index (χ1) is 14.6. The van der Waals surface area contributed by atoms with Crippen LogP contribution in [0.4, 0.5) is 8.78 Å². The first kappa shape index (κ1) is 23.2. The van der Waals surface area contributed by atoms with Gasteiger partial charge >= 0.3 is 0 Å². The van der Waals surface area contributed by atoms with E-state index in [1.54, 1.807) is 18.2 Å². The van der Waals surface area contributed by atoms with Gasteiger partial charge < -0.3 is 5.11 Å². The summed E-state index contributed by atoms with van der Waals surface area (Å²) in [6.07, 6.45) is 12.5. The van der Waals surface area contributed by atoms with E-state index in [1.807, 2.05) is 18.2 Å². The molecule has 0 atom stereocenters. The number of rotatable bonds is 4. The molecule has 2 aromatic carbocycles. The summed E-state index contributed by atoms with van der Waals surface area (Å²) in [5.41, 5.74) is 3.26. The Morgan fingerprint density at radius 3 is 1.50 bits per heavy atom. The molecule has 0 heterocycles. The van der Waals surface area contributed by atoms with Crippen LogP contribution in [0.1, 0.15) is 98.3 Å². The minimum Gasteiger partial charge on any atom is -0.392 e. The van der Waals surface area contributed by atoms with Gasteiger partial charge in [0.05, 0.1) is 12.5 Å². The molecular weight excluding hydrogens is 402 g/mol. The Kier molecular flexibility index (Phi) is 9.14. The zero-order valence-electron chi connectivity index (χ0n) is 17.7. The molecule has 0 spiro atoms. The van der Waals surface area contributed by atoms with Gasteiger partial charge in [-0.3, -0.25) is 0 Å². The van der Waals surface area contributed by atoms with Crippen molar-refractivity contribution in [1.29, 1.82) is 0 Å². The molecule has 0 radical (unpaired) electrons. The maximum absolute atomic E-state index is 13.5. The lowest BCUT2D eigenvalue weighted by molar-refractivity contribution is 0.275. The predicted octanol–water partition coefficient (Wildman–Crippen LogP) is 7.98. The number of hydrogen-bond acceptors (Lipinski definition) is 1. The molecule has 2 aliphatic rings. The SMILES string of the molecule is Fc1cc(C2CCCCC2)ccc1CCl.OCc1ccc(C2CCCCC2)cc1F. The molecular formula is C26H33ClF2O. The summed E-state index contributed by atoms with van der Waals surface area (Å²) in [4.78, 5) is 0. The summed E-state index contributed by atoms with van der Waals surface area (Å²) in [5, 5.41) is 8.88. The van der Waals surface area contributed by atoms with Gasteiger partial charge in [0.2, 0.25) is 0 Å². The van der Waals surface area contributed by atoms with Crippen LogP contribution in [-0.4, -0.2) is 5.11 Å². The molecule has 2 aliphatic carbocycles. The first-order valence-corrected chi connectivity index (χ1v) is 11.9. The number of benzene rings is 2. The quantitative estimate of drug-likeness (QED) is 0.483. The van der Waals surface area contributed by atoms with E-state index < -0.39 is 0 Å². The van der Waals surface area contributed by atoms with Crippen molar-refractivity contribution in [2.45, 2.75) is 88.5 Å². The molecule has 2 saturated carbocycles. The van der Waals surface area contributed by atoms with Crippen LogP contribution in [0.25, 0.3) is 0 Å². The summed E-state index contributed by atoms with van der Waals surface area (Å²) < 4.78 is 27.0. The van der Waals surface area contributed by atoms with Gasteiger partial charge in [-0.1, -0.05) is 62.8 Å². The highest BCUT2D eigenvalue weighted by Gasteiger charge is 2.17. The molecule has 0 aliphatic heterocycles. The Hall–Kier alpha value is -1.45. The second kappa shape index (κ2) is 11.8. The lowest BCUT2D eigenvalue weighted by atomic mass is 9.84. The van der Waals surface area contributed by atoms with Crippen molar-refractivity contribution in [3.63, 3.8) is 0 Å². The zero-order chi connectivity index (χ0) is 21.3. The van der Waals surface area contributed by atoms with Gasteiger partial charge in [-0.05, 0) is 60.8 Å². The van der Waals surface area contributed by atoms with Crippen LogP contribution < -0.4 is 0 Å². The summed E-state index contributed by atoms with van der Waals surface area (Å²) in [5.74, 6) is 0.948. The van der Waals surface area contributed by atoms with E-state index in [9.17, 15) is 8.78 Å². The van der Waals surface area contributed by atoms with E-state index in [2.05, 4.69) is 0 Å². The van der Waals surface area contributed by atoms with E-state index in [-0.39, 0.29) is 24.1 Å². The van der Waals surface area contributed by atoms with E-state index in [0.717, 1.165) is 11.1 Å². The van der Waals surface area contributed by atoms with E-state index in [4.69, 9.17) is 16.7 Å². The smallest absolute Gasteiger partial charge is 0.128 e. The highest BCUT2D eigenvalue weighted by atomic mass is 35.5. The van der Waals surface area contributed by atoms with Crippen molar-refractivity contribution in [3.05, 3.63) is 70.3 Å². The maximum atomic E-state index is 13.5. The van der Waals surface area contributed by atoms with Crippen LogP contribution in [0.15, 0.2) is 36.4 Å². The van der Waals surface area contributed by atoms with Crippen LogP contribution in [0, 0.1) is 11.6 Å². The van der Waals surface area contributed by atoms with Crippen molar-refractivity contribution in [1.82, 2.24) is 0 Å². The summed E-state index contributed by atoms with van der Waals surface area (Å²) in [6.45, 7) is -0.212. The first-order valence-electron chi connectivity index (χ1n) is 11.4. The molecule has 164 valence electrons. The van der Waals surface area contributed by atoms with Gasteiger partial charge in [0, 0.05) is 11.1 Å². The largest absolute Gasteiger partial charge is 0.392 e. The van der Waals surface area contributed by atoms with Crippen molar-refractivity contribution in [2.24, 2.45) is 0 Å². The van der Waals surface area contributed by atoms with Gasteiger partial charge in [0.25, 0.3) is 0 Å². The topological polar surface area (TPSA) is 20.2 Å². The number of alkyl halides is 1. The Bertz CT molecular complexity index is 728. The molecule has 0 amide bonds. The van der Waals surface area contributed by atoms with Crippen LogP contribution in [0.2, 0.25) is 0 Å². The molecule has 1 nitrogen and oxygen atoms in total.